The van der Waals surface area contributed by atoms with Gasteiger partial charge in [0.2, 0.25) is 16.0 Å². The molecule has 2 saturated heterocycles. The average Bonchev–Trinajstić information content (AvgIpc) is 3.10. The van der Waals surface area contributed by atoms with Gasteiger partial charge in [0, 0.05) is 30.7 Å². The number of halogens is 1. The summed E-state index contributed by atoms with van der Waals surface area (Å²) in [4.78, 5) is 22.5. The van der Waals surface area contributed by atoms with E-state index >= 15 is 4.39 Å². The van der Waals surface area contributed by atoms with E-state index in [-0.39, 0.29) is 24.8 Å². The molecule has 1 saturated carbocycles. The number of nitrogens with zero attached hydrogens (tertiary/aromatic N) is 4. The van der Waals surface area contributed by atoms with Crippen LogP contribution in [0.25, 0.3) is 11.0 Å². The lowest BCUT2D eigenvalue weighted by Gasteiger charge is -2.35. The van der Waals surface area contributed by atoms with Gasteiger partial charge in [-0.05, 0) is 45.1 Å². The molecule has 12 heteroatoms. The molecule has 5 rings (SSSR count). The van der Waals surface area contributed by atoms with Crippen LogP contribution >= 0.6 is 0 Å². The van der Waals surface area contributed by atoms with Crippen LogP contribution in [0.2, 0.25) is 0 Å². The number of aliphatic hydroxyl groups is 1. The Hall–Kier alpha value is -2.15. The van der Waals surface area contributed by atoms with Crippen LogP contribution in [-0.2, 0) is 20.4 Å². The Kier molecular flexibility index (Phi) is 5.70. The summed E-state index contributed by atoms with van der Waals surface area (Å²) in [6, 6.07) is 0.938. The second kappa shape index (κ2) is 8.21. The number of pyridine rings is 1. The summed E-state index contributed by atoms with van der Waals surface area (Å²) in [6.45, 7) is 2.15. The second-order valence-corrected chi connectivity index (χ2v) is 12.0. The smallest absolute Gasteiger partial charge is 0.259 e. The van der Waals surface area contributed by atoms with Crippen LogP contribution < -0.4 is 10.9 Å². The van der Waals surface area contributed by atoms with Crippen molar-refractivity contribution >= 4 is 27.0 Å². The Morgan fingerprint density at radius 1 is 1.26 bits per heavy atom. The molecule has 2 aromatic rings. The van der Waals surface area contributed by atoms with E-state index in [1.807, 2.05) is 0 Å². The zero-order valence-electron chi connectivity index (χ0n) is 19.3. The number of anilines is 1. The number of fused-ring (bicyclic) bond motifs is 1. The van der Waals surface area contributed by atoms with E-state index in [1.165, 1.54) is 21.2 Å². The van der Waals surface area contributed by atoms with Crippen LogP contribution in [0.1, 0.15) is 50.6 Å². The van der Waals surface area contributed by atoms with Gasteiger partial charge in [-0.25, -0.2) is 22.1 Å². The zero-order chi connectivity index (χ0) is 24.3. The Balaban J connectivity index is 1.52. The van der Waals surface area contributed by atoms with Crippen molar-refractivity contribution in [3.63, 3.8) is 0 Å². The summed E-state index contributed by atoms with van der Waals surface area (Å²) in [5.41, 5.74) is -3.13. The minimum absolute atomic E-state index is 0.00593. The minimum atomic E-state index is -3.22. The Morgan fingerprint density at radius 2 is 1.97 bits per heavy atom. The highest BCUT2D eigenvalue weighted by Crippen LogP contribution is 2.41. The van der Waals surface area contributed by atoms with Gasteiger partial charge in [0.15, 0.2) is 5.67 Å². The number of hydrogen-bond acceptors (Lipinski definition) is 8. The molecule has 2 aromatic heterocycles. The lowest BCUT2D eigenvalue weighted by Crippen LogP contribution is -2.48. The summed E-state index contributed by atoms with van der Waals surface area (Å²) in [7, 11) is -3.22. The standard InChI is InChI=1S/C22H30FN5O5S/c1-21(30)7-3-4-17(21)28-18-14(10-16(19(28)29)22(23)12-33-13-22)11-24-20(26-18)25-15-5-8-27(9-6-15)34(2,31)32/h10-11,15,17,30H,3-9,12-13H2,1-2H3,(H,24,25,26)/t17-,21-/m1/s1. The van der Waals surface area contributed by atoms with Gasteiger partial charge in [0.1, 0.15) is 5.65 Å². The van der Waals surface area contributed by atoms with Crippen molar-refractivity contribution in [1.82, 2.24) is 18.8 Å². The molecule has 0 aromatic carbocycles. The third-order valence-corrected chi connectivity index (χ3v) is 8.67. The van der Waals surface area contributed by atoms with Crippen LogP contribution in [0.3, 0.4) is 0 Å². The maximum Gasteiger partial charge on any atom is 0.259 e. The maximum absolute atomic E-state index is 15.3. The van der Waals surface area contributed by atoms with E-state index in [1.54, 1.807) is 13.1 Å². The lowest BCUT2D eigenvalue weighted by molar-refractivity contribution is -0.136. The fourth-order valence-electron chi connectivity index (χ4n) is 5.29. The fourth-order valence-corrected chi connectivity index (χ4v) is 6.16. The molecule has 0 amide bonds. The molecule has 1 aliphatic carbocycles. The van der Waals surface area contributed by atoms with Gasteiger partial charge >= 0.3 is 0 Å². The maximum atomic E-state index is 15.3. The summed E-state index contributed by atoms with van der Waals surface area (Å²) < 4.78 is 46.7. The molecule has 34 heavy (non-hydrogen) atoms. The molecule has 4 heterocycles. The number of aromatic nitrogens is 3. The van der Waals surface area contributed by atoms with Crippen LogP contribution in [0.4, 0.5) is 10.3 Å². The topological polar surface area (TPSA) is 127 Å². The first kappa shape index (κ1) is 23.6. The highest BCUT2D eigenvalue weighted by molar-refractivity contribution is 7.88. The van der Waals surface area contributed by atoms with E-state index in [2.05, 4.69) is 15.3 Å². The molecule has 2 N–H and O–H groups in total. The van der Waals surface area contributed by atoms with Crippen LogP contribution in [0.15, 0.2) is 17.1 Å². The molecular formula is C22H30FN5O5S. The Bertz CT molecular complexity index is 1270. The molecule has 2 aliphatic heterocycles. The first-order valence-corrected chi connectivity index (χ1v) is 13.5. The van der Waals surface area contributed by atoms with Crippen LogP contribution in [0.5, 0.6) is 0 Å². The molecule has 0 spiro atoms. The number of piperidine rings is 1. The van der Waals surface area contributed by atoms with E-state index in [9.17, 15) is 18.3 Å². The van der Waals surface area contributed by atoms with Crippen LogP contribution in [-0.4, -0.2) is 76.6 Å². The van der Waals surface area contributed by atoms with Crippen molar-refractivity contribution in [2.75, 3.05) is 37.9 Å². The Morgan fingerprint density at radius 3 is 2.53 bits per heavy atom. The van der Waals surface area contributed by atoms with Gasteiger partial charge in [-0.1, -0.05) is 0 Å². The highest BCUT2D eigenvalue weighted by Gasteiger charge is 2.46. The average molecular weight is 496 g/mol. The van der Waals surface area contributed by atoms with Gasteiger partial charge in [-0.15, -0.1) is 0 Å². The SMILES string of the molecule is C[C@@]1(O)CCC[C@H]1n1c(=O)c(C2(F)COC2)cc2cnc(NC3CCN(S(C)(=O)=O)CC3)nc21. The Labute approximate surface area is 197 Å². The van der Waals surface area contributed by atoms with E-state index < -0.39 is 32.9 Å². The summed E-state index contributed by atoms with van der Waals surface area (Å²) >= 11 is 0. The molecule has 3 aliphatic rings. The van der Waals surface area contributed by atoms with Crippen molar-refractivity contribution in [1.29, 1.82) is 0 Å². The van der Waals surface area contributed by atoms with E-state index in [0.29, 0.717) is 55.8 Å². The number of alkyl halides is 1. The van der Waals surface area contributed by atoms with Crippen molar-refractivity contribution in [3.8, 4) is 0 Å². The van der Waals surface area contributed by atoms with Gasteiger partial charge in [-0.3, -0.25) is 9.36 Å². The quantitative estimate of drug-likeness (QED) is 0.636. The number of sulfonamides is 1. The molecule has 0 unspecified atom stereocenters. The summed E-state index contributed by atoms with van der Waals surface area (Å²) in [5.74, 6) is 0.311. The third-order valence-electron chi connectivity index (χ3n) is 7.36. The third kappa shape index (κ3) is 4.10. The number of nitrogens with one attached hydrogen (secondary N) is 1. The number of ether oxygens (including phenoxy) is 1. The molecule has 2 atom stereocenters. The number of rotatable bonds is 5. The van der Waals surface area contributed by atoms with Crippen molar-refractivity contribution in [2.45, 2.75) is 62.4 Å². The predicted molar refractivity (Wildman–Crippen MR) is 124 cm³/mol. The molecular weight excluding hydrogens is 465 g/mol. The van der Waals surface area contributed by atoms with Crippen molar-refractivity contribution < 1.29 is 22.7 Å². The lowest BCUT2D eigenvalue weighted by atomic mass is 9.93. The fraction of sp³-hybridized carbons (Fsp3) is 0.682. The van der Waals surface area contributed by atoms with Crippen LogP contribution in [0, 0.1) is 0 Å². The van der Waals surface area contributed by atoms with Gasteiger partial charge in [0.05, 0.1) is 36.7 Å². The highest BCUT2D eigenvalue weighted by atomic mass is 32.2. The van der Waals surface area contributed by atoms with Gasteiger partial charge in [0.25, 0.3) is 5.56 Å². The second-order valence-electron chi connectivity index (χ2n) is 10.0. The van der Waals surface area contributed by atoms with Crippen molar-refractivity contribution in [3.05, 3.63) is 28.2 Å². The predicted octanol–water partition coefficient (Wildman–Crippen LogP) is 1.30. The van der Waals surface area contributed by atoms with Crippen molar-refractivity contribution in [2.24, 2.45) is 0 Å². The zero-order valence-corrected chi connectivity index (χ0v) is 20.1. The molecule has 0 bridgehead atoms. The summed E-state index contributed by atoms with van der Waals surface area (Å²) in [6.07, 6.45) is 5.82. The first-order chi connectivity index (χ1) is 16.0. The largest absolute Gasteiger partial charge is 0.388 e. The first-order valence-electron chi connectivity index (χ1n) is 11.6. The number of hydrogen-bond donors (Lipinski definition) is 2. The van der Waals surface area contributed by atoms with Gasteiger partial charge < -0.3 is 15.2 Å². The molecule has 3 fully saturated rings. The van der Waals surface area contributed by atoms with E-state index in [4.69, 9.17) is 4.74 Å². The van der Waals surface area contributed by atoms with E-state index in [0.717, 1.165) is 6.42 Å². The monoisotopic (exact) mass is 495 g/mol. The minimum Gasteiger partial charge on any atom is -0.388 e. The van der Waals surface area contributed by atoms with Gasteiger partial charge in [-0.2, -0.15) is 4.98 Å². The normalized spacial score (nSPS) is 28.2. The molecule has 0 radical (unpaired) electrons. The molecule has 10 nitrogen and oxygen atoms in total. The molecule has 186 valence electrons. The summed E-state index contributed by atoms with van der Waals surface area (Å²) in [5, 5.41) is 14.8.